The Hall–Kier alpha value is -2.39. The Balaban J connectivity index is 1.65. The van der Waals surface area contributed by atoms with Crippen LogP contribution in [0.2, 0.25) is 0 Å². The van der Waals surface area contributed by atoms with Crippen molar-refractivity contribution in [1.29, 1.82) is 0 Å². The highest BCUT2D eigenvalue weighted by atomic mass is 32.2. The highest BCUT2D eigenvalue weighted by Crippen LogP contribution is 2.32. The lowest BCUT2D eigenvalue weighted by molar-refractivity contribution is 0.0697. The number of fused-ring (bicyclic) bond motifs is 1. The molecule has 0 radical (unpaired) electrons. The summed E-state index contributed by atoms with van der Waals surface area (Å²) in [5.74, 6) is -0.292. The van der Waals surface area contributed by atoms with E-state index < -0.39 is 19.9 Å². The van der Waals surface area contributed by atoms with E-state index in [-0.39, 0.29) is 33.9 Å². The maximum absolute atomic E-state index is 13.5. The largest absolute Gasteiger partial charge is 0.335 e. The van der Waals surface area contributed by atoms with E-state index in [1.807, 2.05) is 31.2 Å². The summed E-state index contributed by atoms with van der Waals surface area (Å²) in [6.45, 7) is 2.74. The number of aryl methyl sites for hydroxylation is 1. The SMILES string of the molecule is CCCN(C(=O)c1cccc(S(=O)(=O)N2CCCc3ccccc32)c1)[C@H]1CCS(=O)(=O)C1. The highest BCUT2D eigenvalue weighted by molar-refractivity contribution is 7.93. The number of hydrogen-bond acceptors (Lipinski definition) is 5. The molecule has 4 rings (SSSR count). The van der Waals surface area contributed by atoms with Gasteiger partial charge in [0.2, 0.25) is 0 Å². The minimum atomic E-state index is -3.84. The third-order valence-corrected chi connectivity index (χ3v) is 9.67. The maximum Gasteiger partial charge on any atom is 0.264 e. The summed E-state index contributed by atoms with van der Waals surface area (Å²) in [6.07, 6.45) is 2.66. The average Bonchev–Trinajstić information content (AvgIpc) is 3.16. The lowest BCUT2D eigenvalue weighted by atomic mass is 10.0. The van der Waals surface area contributed by atoms with Crippen molar-refractivity contribution in [3.63, 3.8) is 0 Å². The van der Waals surface area contributed by atoms with Gasteiger partial charge in [-0.25, -0.2) is 16.8 Å². The molecule has 32 heavy (non-hydrogen) atoms. The van der Waals surface area contributed by atoms with Gasteiger partial charge < -0.3 is 4.90 Å². The molecule has 1 fully saturated rings. The fourth-order valence-corrected chi connectivity index (χ4v) is 7.86. The second-order valence-corrected chi connectivity index (χ2v) is 12.5. The smallest absolute Gasteiger partial charge is 0.264 e. The van der Waals surface area contributed by atoms with Crippen LogP contribution in [-0.2, 0) is 26.3 Å². The Labute approximate surface area is 190 Å². The Morgan fingerprint density at radius 1 is 1.16 bits per heavy atom. The van der Waals surface area contributed by atoms with Crippen LogP contribution in [-0.4, -0.2) is 58.3 Å². The number of sulfone groups is 1. The lowest BCUT2D eigenvalue weighted by Gasteiger charge is -2.31. The molecule has 0 N–H and O–H groups in total. The van der Waals surface area contributed by atoms with Crippen molar-refractivity contribution in [2.45, 2.75) is 43.5 Å². The molecule has 0 unspecified atom stereocenters. The van der Waals surface area contributed by atoms with Gasteiger partial charge >= 0.3 is 0 Å². The first-order chi connectivity index (χ1) is 15.2. The minimum Gasteiger partial charge on any atom is -0.335 e. The number of carbonyl (C=O) groups is 1. The summed E-state index contributed by atoms with van der Waals surface area (Å²) < 4.78 is 52.3. The minimum absolute atomic E-state index is 0.0404. The quantitative estimate of drug-likeness (QED) is 0.639. The fraction of sp³-hybridized carbons (Fsp3) is 0.435. The number of nitrogens with zero attached hydrogens (tertiary/aromatic N) is 2. The van der Waals surface area contributed by atoms with Gasteiger partial charge in [0.25, 0.3) is 15.9 Å². The van der Waals surface area contributed by atoms with Crippen LogP contribution in [0.5, 0.6) is 0 Å². The first-order valence-corrected chi connectivity index (χ1v) is 14.2. The second-order valence-electron chi connectivity index (χ2n) is 8.39. The summed E-state index contributed by atoms with van der Waals surface area (Å²) in [7, 11) is -6.99. The molecule has 0 aliphatic carbocycles. The summed E-state index contributed by atoms with van der Waals surface area (Å²) in [5.41, 5.74) is 1.93. The Morgan fingerprint density at radius 2 is 1.94 bits per heavy atom. The van der Waals surface area contributed by atoms with Crippen molar-refractivity contribution < 1.29 is 21.6 Å². The van der Waals surface area contributed by atoms with Crippen molar-refractivity contribution >= 4 is 31.5 Å². The van der Waals surface area contributed by atoms with E-state index in [1.54, 1.807) is 17.0 Å². The zero-order valence-corrected chi connectivity index (χ0v) is 19.7. The third kappa shape index (κ3) is 4.41. The van der Waals surface area contributed by atoms with Gasteiger partial charge in [0.1, 0.15) is 0 Å². The predicted molar refractivity (Wildman–Crippen MR) is 124 cm³/mol. The van der Waals surface area contributed by atoms with Crippen LogP contribution in [0.1, 0.15) is 42.1 Å². The first-order valence-electron chi connectivity index (χ1n) is 10.9. The Bertz CT molecular complexity index is 1220. The molecule has 0 spiro atoms. The van der Waals surface area contributed by atoms with Gasteiger partial charge in [-0.05, 0) is 55.5 Å². The van der Waals surface area contributed by atoms with E-state index in [0.29, 0.717) is 31.6 Å². The van der Waals surface area contributed by atoms with Crippen molar-refractivity contribution in [2.24, 2.45) is 0 Å². The molecule has 9 heteroatoms. The molecule has 2 heterocycles. The number of para-hydroxylation sites is 1. The Kier molecular flexibility index (Phi) is 6.31. The van der Waals surface area contributed by atoms with Crippen LogP contribution in [0.15, 0.2) is 53.4 Å². The molecule has 7 nitrogen and oxygen atoms in total. The highest BCUT2D eigenvalue weighted by Gasteiger charge is 2.35. The molecule has 2 aliphatic rings. The van der Waals surface area contributed by atoms with E-state index >= 15 is 0 Å². The van der Waals surface area contributed by atoms with E-state index in [9.17, 15) is 21.6 Å². The molecule has 2 aromatic carbocycles. The molecule has 0 bridgehead atoms. The number of benzene rings is 2. The summed E-state index contributed by atoms with van der Waals surface area (Å²) in [4.78, 5) is 15.0. The van der Waals surface area contributed by atoms with Gasteiger partial charge in [0.05, 0.1) is 22.1 Å². The zero-order chi connectivity index (χ0) is 22.9. The summed E-state index contributed by atoms with van der Waals surface area (Å²) in [6, 6.07) is 13.2. The van der Waals surface area contributed by atoms with Crippen molar-refractivity contribution in [2.75, 3.05) is 28.9 Å². The normalized spacial score (nSPS) is 20.0. The topological polar surface area (TPSA) is 91.8 Å². The van der Waals surface area contributed by atoms with Crippen molar-refractivity contribution in [1.82, 2.24) is 4.90 Å². The van der Waals surface area contributed by atoms with Gasteiger partial charge in [-0.3, -0.25) is 9.10 Å². The van der Waals surface area contributed by atoms with Crippen molar-refractivity contribution in [3.05, 3.63) is 59.7 Å². The lowest BCUT2D eigenvalue weighted by Crippen LogP contribution is -2.41. The van der Waals surface area contributed by atoms with Crippen LogP contribution in [0, 0.1) is 0 Å². The average molecular weight is 477 g/mol. The number of rotatable bonds is 6. The second kappa shape index (κ2) is 8.86. The molecule has 0 saturated carbocycles. The van der Waals surface area contributed by atoms with Gasteiger partial charge in [0, 0.05) is 24.7 Å². The van der Waals surface area contributed by atoms with Crippen molar-refractivity contribution in [3.8, 4) is 0 Å². The predicted octanol–water partition coefficient (Wildman–Crippen LogP) is 2.87. The summed E-state index contributed by atoms with van der Waals surface area (Å²) in [5, 5.41) is 0. The van der Waals surface area contributed by atoms with Gasteiger partial charge in [-0.15, -0.1) is 0 Å². The Morgan fingerprint density at radius 3 is 2.66 bits per heavy atom. The van der Waals surface area contributed by atoms with Gasteiger partial charge in [-0.2, -0.15) is 0 Å². The summed E-state index contributed by atoms with van der Waals surface area (Å²) >= 11 is 0. The molecule has 2 aromatic rings. The maximum atomic E-state index is 13.5. The first kappa shape index (κ1) is 22.8. The fourth-order valence-electron chi connectivity index (χ4n) is 4.54. The van der Waals surface area contributed by atoms with Crippen LogP contribution < -0.4 is 4.31 Å². The van der Waals surface area contributed by atoms with Crippen LogP contribution in [0.25, 0.3) is 0 Å². The molecule has 2 aliphatic heterocycles. The van der Waals surface area contributed by atoms with Crippen LogP contribution >= 0.6 is 0 Å². The molecule has 1 atom stereocenters. The molecule has 0 aromatic heterocycles. The zero-order valence-electron chi connectivity index (χ0n) is 18.1. The molecule has 1 amide bonds. The van der Waals surface area contributed by atoms with E-state index in [0.717, 1.165) is 18.4 Å². The van der Waals surface area contributed by atoms with E-state index in [4.69, 9.17) is 0 Å². The number of amides is 1. The molecular formula is C23H28N2O5S2. The number of carbonyl (C=O) groups excluding carboxylic acids is 1. The third-order valence-electron chi connectivity index (χ3n) is 6.11. The number of anilines is 1. The molecule has 172 valence electrons. The number of sulfonamides is 1. The van der Waals surface area contributed by atoms with Gasteiger partial charge in [-0.1, -0.05) is 31.2 Å². The standard InChI is InChI=1S/C23H28N2O5S2/c1-2-13-24(20-12-15-31(27,28)17-20)23(26)19-8-5-10-21(16-19)32(29,30)25-14-6-9-18-7-3-4-11-22(18)25/h3-5,7-8,10-11,16,20H,2,6,9,12-15,17H2,1H3/t20-/m0/s1. The molecule has 1 saturated heterocycles. The van der Waals surface area contributed by atoms with Gasteiger partial charge in [0.15, 0.2) is 9.84 Å². The van der Waals surface area contributed by atoms with E-state index in [2.05, 4.69) is 0 Å². The van der Waals surface area contributed by atoms with Crippen LogP contribution in [0.3, 0.4) is 0 Å². The monoisotopic (exact) mass is 476 g/mol. The molecular weight excluding hydrogens is 448 g/mol. The number of hydrogen-bond donors (Lipinski definition) is 0. The van der Waals surface area contributed by atoms with E-state index in [1.165, 1.54) is 16.4 Å². The van der Waals surface area contributed by atoms with Crippen LogP contribution in [0.4, 0.5) is 5.69 Å².